The van der Waals surface area contributed by atoms with Gasteiger partial charge in [0.25, 0.3) is 5.91 Å². The molecule has 1 fully saturated rings. The Morgan fingerprint density at radius 3 is 2.52 bits per heavy atom. The van der Waals surface area contributed by atoms with Crippen LogP contribution in [0.5, 0.6) is 0 Å². The topological polar surface area (TPSA) is 77.6 Å². The van der Waals surface area contributed by atoms with E-state index in [1.807, 2.05) is 54.2 Å². The highest BCUT2D eigenvalue weighted by molar-refractivity contribution is 6.12. The predicted molar refractivity (Wildman–Crippen MR) is 121 cm³/mol. The quantitative estimate of drug-likeness (QED) is 0.520. The smallest absolute Gasteiger partial charge is 0.257 e. The maximum absolute atomic E-state index is 13.4. The summed E-state index contributed by atoms with van der Waals surface area (Å²) in [6.07, 6.45) is 4.07. The number of amides is 1. The number of para-hydroxylation sites is 1. The van der Waals surface area contributed by atoms with Gasteiger partial charge in [0, 0.05) is 23.9 Å². The summed E-state index contributed by atoms with van der Waals surface area (Å²) in [4.78, 5) is 18.3. The number of hydrogen-bond acceptors (Lipinski definition) is 4. The lowest BCUT2D eigenvalue weighted by atomic mass is 10.1. The Hall–Kier alpha value is -3.48. The van der Waals surface area contributed by atoms with Gasteiger partial charge >= 0.3 is 0 Å². The summed E-state index contributed by atoms with van der Waals surface area (Å²) in [5.41, 5.74) is 3.86. The highest BCUT2D eigenvalue weighted by Crippen LogP contribution is 2.41. The van der Waals surface area contributed by atoms with E-state index in [4.69, 9.17) is 10.1 Å². The molecule has 0 saturated heterocycles. The van der Waals surface area contributed by atoms with Crippen LogP contribution in [0.25, 0.3) is 16.7 Å². The molecule has 1 saturated carbocycles. The van der Waals surface area contributed by atoms with Crippen molar-refractivity contribution in [2.45, 2.75) is 52.0 Å². The van der Waals surface area contributed by atoms with Crippen molar-refractivity contribution in [3.63, 3.8) is 0 Å². The molecule has 0 aliphatic heterocycles. The zero-order valence-electron chi connectivity index (χ0n) is 18.3. The molecule has 0 radical (unpaired) electrons. The average molecular weight is 415 g/mol. The molecule has 4 aromatic rings. The monoisotopic (exact) mass is 414 g/mol. The van der Waals surface area contributed by atoms with Gasteiger partial charge in [0.1, 0.15) is 0 Å². The second-order valence-corrected chi connectivity index (χ2v) is 9.17. The highest BCUT2D eigenvalue weighted by atomic mass is 16.1. The summed E-state index contributed by atoms with van der Waals surface area (Å²) >= 11 is 0. The van der Waals surface area contributed by atoms with Crippen LogP contribution in [0, 0.1) is 6.92 Å². The van der Waals surface area contributed by atoms with Gasteiger partial charge in [0.2, 0.25) is 0 Å². The second kappa shape index (κ2) is 7.04. The van der Waals surface area contributed by atoms with Crippen molar-refractivity contribution < 1.29 is 4.79 Å². The standard InChI is InChI=1S/C24H26N6O/c1-15-21-18(14-19(16-10-11-16)25-22(21)30(27-15)24(2,3)4)23(31)26-20-12-13-29(28-20)17-8-6-5-7-9-17/h5-9,12-14,16H,10-11H2,1-4H3,(H,26,28,31). The van der Waals surface area contributed by atoms with Gasteiger partial charge in [-0.25, -0.2) is 14.3 Å². The van der Waals surface area contributed by atoms with Crippen LogP contribution in [-0.2, 0) is 5.54 Å². The van der Waals surface area contributed by atoms with E-state index in [1.165, 1.54) is 0 Å². The van der Waals surface area contributed by atoms with Gasteiger partial charge in [-0.2, -0.15) is 10.2 Å². The zero-order chi connectivity index (χ0) is 21.8. The molecule has 1 aromatic carbocycles. The first-order valence-electron chi connectivity index (χ1n) is 10.6. The van der Waals surface area contributed by atoms with Crippen molar-refractivity contribution in [1.82, 2.24) is 24.5 Å². The summed E-state index contributed by atoms with van der Waals surface area (Å²) in [5, 5.41) is 13.0. The molecule has 0 atom stereocenters. The first-order valence-corrected chi connectivity index (χ1v) is 10.6. The Labute approximate surface area is 181 Å². The minimum absolute atomic E-state index is 0.191. The van der Waals surface area contributed by atoms with E-state index >= 15 is 0 Å². The third-order valence-electron chi connectivity index (χ3n) is 5.56. The van der Waals surface area contributed by atoms with Gasteiger partial charge < -0.3 is 5.32 Å². The first-order chi connectivity index (χ1) is 14.8. The van der Waals surface area contributed by atoms with E-state index in [2.05, 4.69) is 31.2 Å². The largest absolute Gasteiger partial charge is 0.305 e. The number of aryl methyl sites for hydroxylation is 1. The summed E-state index contributed by atoms with van der Waals surface area (Å²) < 4.78 is 3.68. The van der Waals surface area contributed by atoms with Crippen molar-refractivity contribution in [2.75, 3.05) is 5.32 Å². The molecule has 5 rings (SSSR count). The summed E-state index contributed by atoms with van der Waals surface area (Å²) in [7, 11) is 0. The maximum atomic E-state index is 13.4. The van der Waals surface area contributed by atoms with E-state index in [9.17, 15) is 4.79 Å². The fraction of sp³-hybridized carbons (Fsp3) is 0.333. The fourth-order valence-corrected chi connectivity index (χ4v) is 3.84. The summed E-state index contributed by atoms with van der Waals surface area (Å²) in [6, 6.07) is 13.5. The Bertz CT molecular complexity index is 1270. The number of nitrogens with zero attached hydrogens (tertiary/aromatic N) is 5. The molecular weight excluding hydrogens is 388 g/mol. The lowest BCUT2D eigenvalue weighted by molar-refractivity contribution is 0.102. The molecule has 0 spiro atoms. The number of rotatable bonds is 4. The summed E-state index contributed by atoms with van der Waals surface area (Å²) in [5.74, 6) is 0.744. The number of pyridine rings is 1. The molecular formula is C24H26N6O. The third kappa shape index (κ3) is 3.60. The van der Waals surface area contributed by atoms with Crippen LogP contribution in [0.15, 0.2) is 48.7 Å². The lowest BCUT2D eigenvalue weighted by Crippen LogP contribution is -2.23. The second-order valence-electron chi connectivity index (χ2n) is 9.17. The van der Waals surface area contributed by atoms with Gasteiger partial charge in [0.05, 0.1) is 27.9 Å². The minimum atomic E-state index is -0.232. The van der Waals surface area contributed by atoms with Crippen LogP contribution in [-0.4, -0.2) is 30.5 Å². The van der Waals surface area contributed by atoms with E-state index in [-0.39, 0.29) is 11.4 Å². The molecule has 0 unspecified atom stereocenters. The number of hydrogen-bond donors (Lipinski definition) is 1. The molecule has 1 aliphatic rings. The van der Waals surface area contributed by atoms with Gasteiger partial charge in [0.15, 0.2) is 11.5 Å². The van der Waals surface area contributed by atoms with Crippen LogP contribution >= 0.6 is 0 Å². The molecule has 1 N–H and O–H groups in total. The van der Waals surface area contributed by atoms with E-state index in [0.717, 1.165) is 41.0 Å². The summed E-state index contributed by atoms with van der Waals surface area (Å²) in [6.45, 7) is 8.23. The van der Waals surface area contributed by atoms with E-state index in [1.54, 1.807) is 10.7 Å². The van der Waals surface area contributed by atoms with Gasteiger partial charge in [-0.05, 0) is 58.7 Å². The Balaban J connectivity index is 1.54. The third-order valence-corrected chi connectivity index (χ3v) is 5.56. The number of carbonyl (C=O) groups is 1. The lowest BCUT2D eigenvalue weighted by Gasteiger charge is -2.20. The van der Waals surface area contributed by atoms with Crippen molar-refractivity contribution in [1.29, 1.82) is 0 Å². The molecule has 1 amide bonds. The Morgan fingerprint density at radius 1 is 1.10 bits per heavy atom. The number of anilines is 1. The molecule has 7 heteroatoms. The fourth-order valence-electron chi connectivity index (χ4n) is 3.84. The molecule has 7 nitrogen and oxygen atoms in total. The number of carbonyl (C=O) groups excluding carboxylic acids is 1. The molecule has 0 bridgehead atoms. The maximum Gasteiger partial charge on any atom is 0.257 e. The molecule has 3 heterocycles. The van der Waals surface area contributed by atoms with Crippen molar-refractivity contribution in [2.24, 2.45) is 0 Å². The SMILES string of the molecule is Cc1nn(C(C)(C)C)c2nc(C3CC3)cc(C(=O)Nc3ccn(-c4ccccc4)n3)c12. The number of aromatic nitrogens is 5. The number of nitrogens with one attached hydrogen (secondary N) is 1. The Kier molecular flexibility index (Phi) is 4.43. The van der Waals surface area contributed by atoms with Crippen LogP contribution < -0.4 is 5.32 Å². The molecule has 3 aromatic heterocycles. The highest BCUT2D eigenvalue weighted by Gasteiger charge is 2.30. The zero-order valence-corrected chi connectivity index (χ0v) is 18.3. The number of fused-ring (bicyclic) bond motifs is 1. The van der Waals surface area contributed by atoms with Crippen LogP contribution in [0.1, 0.15) is 61.3 Å². The van der Waals surface area contributed by atoms with E-state index < -0.39 is 0 Å². The van der Waals surface area contributed by atoms with Gasteiger partial charge in [-0.15, -0.1) is 0 Å². The first kappa shape index (κ1) is 19.5. The molecule has 158 valence electrons. The van der Waals surface area contributed by atoms with Crippen LogP contribution in [0.2, 0.25) is 0 Å². The molecule has 31 heavy (non-hydrogen) atoms. The van der Waals surface area contributed by atoms with Crippen molar-refractivity contribution in [3.05, 3.63) is 65.6 Å². The van der Waals surface area contributed by atoms with Crippen molar-refractivity contribution in [3.8, 4) is 5.69 Å². The normalized spacial score (nSPS) is 14.2. The average Bonchev–Trinajstić information content (AvgIpc) is 3.40. The minimum Gasteiger partial charge on any atom is -0.305 e. The predicted octanol–water partition coefficient (Wildman–Crippen LogP) is 4.81. The van der Waals surface area contributed by atoms with Crippen molar-refractivity contribution >= 4 is 22.8 Å². The van der Waals surface area contributed by atoms with Crippen LogP contribution in [0.3, 0.4) is 0 Å². The Morgan fingerprint density at radius 2 is 1.84 bits per heavy atom. The molecule has 1 aliphatic carbocycles. The van der Waals surface area contributed by atoms with Gasteiger partial charge in [-0.3, -0.25) is 4.79 Å². The van der Waals surface area contributed by atoms with Gasteiger partial charge in [-0.1, -0.05) is 18.2 Å². The van der Waals surface area contributed by atoms with E-state index in [0.29, 0.717) is 17.3 Å². The van der Waals surface area contributed by atoms with Crippen LogP contribution in [0.4, 0.5) is 5.82 Å². The number of benzene rings is 1.